The van der Waals surface area contributed by atoms with Gasteiger partial charge in [0.1, 0.15) is 0 Å². The third-order valence-electron chi connectivity index (χ3n) is 4.62. The lowest BCUT2D eigenvalue weighted by Gasteiger charge is -2.03. The molecule has 0 saturated carbocycles. The standard InChI is InChI=1S/C26H43NO3/c1-2-3-4-5-6-7-8-9-10-11-12-13-14-15-16-17-18-19-20-22-25(28)27-24-21-23-26(29)30/h6-7,9-10,12-13,15-16H,2-5,8,11,14,17-24H2,1H3,(H,27,28)(H,29,30)/b7-6-,10-9-,13-12-,16-15-. The highest BCUT2D eigenvalue weighted by Crippen LogP contribution is 2.05. The Bertz CT molecular complexity index is 532. The Morgan fingerprint density at radius 2 is 1.20 bits per heavy atom. The Kier molecular flexibility index (Phi) is 21.6. The van der Waals surface area contributed by atoms with Gasteiger partial charge in [-0.2, -0.15) is 0 Å². The second kappa shape index (κ2) is 23.2. The minimum absolute atomic E-state index is 0.0260. The largest absolute Gasteiger partial charge is 0.481 e. The van der Waals surface area contributed by atoms with Gasteiger partial charge in [-0.25, -0.2) is 0 Å². The molecule has 0 atom stereocenters. The van der Waals surface area contributed by atoms with E-state index in [2.05, 4.69) is 60.8 Å². The Morgan fingerprint density at radius 3 is 1.73 bits per heavy atom. The molecule has 0 aliphatic carbocycles. The maximum atomic E-state index is 11.6. The molecule has 0 radical (unpaired) electrons. The molecular weight excluding hydrogens is 374 g/mol. The quantitative estimate of drug-likeness (QED) is 0.167. The van der Waals surface area contributed by atoms with Crippen LogP contribution in [0.5, 0.6) is 0 Å². The highest BCUT2D eigenvalue weighted by molar-refractivity contribution is 5.75. The molecule has 0 aliphatic heterocycles. The fraction of sp³-hybridized carbons (Fsp3) is 0.615. The molecule has 0 aliphatic rings. The van der Waals surface area contributed by atoms with Gasteiger partial charge in [0, 0.05) is 19.4 Å². The van der Waals surface area contributed by atoms with Crippen LogP contribution in [0.1, 0.15) is 96.8 Å². The molecule has 4 nitrogen and oxygen atoms in total. The maximum Gasteiger partial charge on any atom is 0.303 e. The molecule has 0 aromatic carbocycles. The summed E-state index contributed by atoms with van der Waals surface area (Å²) in [6, 6.07) is 0. The Hall–Kier alpha value is -2.10. The SMILES string of the molecule is CCCCC/C=C\C/C=C\C/C=C\C/C=C\CCCCCC(=O)NCCCC(=O)O. The second-order valence-electron chi connectivity index (χ2n) is 7.54. The van der Waals surface area contributed by atoms with Gasteiger partial charge in [-0.05, 0) is 57.8 Å². The van der Waals surface area contributed by atoms with Crippen LogP contribution in [0.4, 0.5) is 0 Å². The van der Waals surface area contributed by atoms with Crippen LogP contribution in [0, 0.1) is 0 Å². The molecule has 0 spiro atoms. The summed E-state index contributed by atoms with van der Waals surface area (Å²) in [6.45, 7) is 2.69. The highest BCUT2D eigenvalue weighted by Gasteiger charge is 2.01. The third kappa shape index (κ3) is 23.9. The molecule has 0 heterocycles. The molecule has 0 aromatic heterocycles. The van der Waals surface area contributed by atoms with Crippen LogP contribution in [0.25, 0.3) is 0 Å². The predicted molar refractivity (Wildman–Crippen MR) is 128 cm³/mol. The molecule has 30 heavy (non-hydrogen) atoms. The normalized spacial score (nSPS) is 12.0. The second-order valence-corrected chi connectivity index (χ2v) is 7.54. The number of aliphatic carboxylic acids is 1. The maximum absolute atomic E-state index is 11.6. The first-order chi connectivity index (χ1) is 14.7. The van der Waals surface area contributed by atoms with E-state index in [0.29, 0.717) is 19.4 Å². The highest BCUT2D eigenvalue weighted by atomic mass is 16.4. The van der Waals surface area contributed by atoms with Gasteiger partial charge < -0.3 is 10.4 Å². The zero-order valence-corrected chi connectivity index (χ0v) is 19.0. The number of rotatable bonds is 20. The summed E-state index contributed by atoms with van der Waals surface area (Å²) >= 11 is 0. The van der Waals surface area contributed by atoms with E-state index in [1.165, 1.54) is 25.7 Å². The monoisotopic (exact) mass is 417 g/mol. The van der Waals surface area contributed by atoms with E-state index in [9.17, 15) is 9.59 Å². The zero-order chi connectivity index (χ0) is 22.1. The number of hydrogen-bond acceptors (Lipinski definition) is 2. The molecule has 1 amide bonds. The van der Waals surface area contributed by atoms with E-state index in [-0.39, 0.29) is 12.3 Å². The predicted octanol–water partition coefficient (Wildman–Crippen LogP) is 6.89. The summed E-state index contributed by atoms with van der Waals surface area (Å²) < 4.78 is 0. The number of unbranched alkanes of at least 4 members (excludes halogenated alkanes) is 6. The van der Waals surface area contributed by atoms with E-state index in [1.54, 1.807) is 0 Å². The molecule has 0 bridgehead atoms. The number of amides is 1. The first-order valence-electron chi connectivity index (χ1n) is 11.7. The van der Waals surface area contributed by atoms with Crippen molar-refractivity contribution in [1.82, 2.24) is 5.32 Å². The third-order valence-corrected chi connectivity index (χ3v) is 4.62. The molecule has 0 saturated heterocycles. The molecule has 4 heteroatoms. The number of allylic oxidation sites excluding steroid dienone is 8. The number of carboxylic acid groups (broad SMARTS) is 1. The van der Waals surface area contributed by atoms with Crippen molar-refractivity contribution in [2.75, 3.05) is 6.54 Å². The lowest BCUT2D eigenvalue weighted by atomic mass is 10.1. The van der Waals surface area contributed by atoms with Gasteiger partial charge in [-0.15, -0.1) is 0 Å². The lowest BCUT2D eigenvalue weighted by Crippen LogP contribution is -2.24. The van der Waals surface area contributed by atoms with Gasteiger partial charge in [0.2, 0.25) is 5.91 Å². The average molecular weight is 418 g/mol. The van der Waals surface area contributed by atoms with Crippen LogP contribution in [-0.2, 0) is 9.59 Å². The molecule has 0 rings (SSSR count). The minimum atomic E-state index is -0.818. The van der Waals surface area contributed by atoms with Crippen LogP contribution in [0.2, 0.25) is 0 Å². The van der Waals surface area contributed by atoms with Crippen molar-refractivity contribution < 1.29 is 14.7 Å². The molecular formula is C26H43NO3. The van der Waals surface area contributed by atoms with Gasteiger partial charge in [0.05, 0.1) is 0 Å². The first-order valence-corrected chi connectivity index (χ1v) is 11.7. The number of nitrogens with one attached hydrogen (secondary N) is 1. The smallest absolute Gasteiger partial charge is 0.303 e. The Balaban J connectivity index is 3.43. The van der Waals surface area contributed by atoms with E-state index >= 15 is 0 Å². The van der Waals surface area contributed by atoms with Crippen molar-refractivity contribution in [2.45, 2.75) is 96.8 Å². The van der Waals surface area contributed by atoms with Crippen LogP contribution in [0.3, 0.4) is 0 Å². The van der Waals surface area contributed by atoms with Crippen molar-refractivity contribution in [3.63, 3.8) is 0 Å². The Labute approximate surface area is 184 Å². The summed E-state index contributed by atoms with van der Waals surface area (Å²) in [6.07, 6.45) is 31.2. The fourth-order valence-electron chi connectivity index (χ4n) is 2.84. The van der Waals surface area contributed by atoms with Crippen molar-refractivity contribution in [2.24, 2.45) is 0 Å². The minimum Gasteiger partial charge on any atom is -0.481 e. The number of carboxylic acids is 1. The average Bonchev–Trinajstić information content (AvgIpc) is 2.72. The summed E-state index contributed by atoms with van der Waals surface area (Å²) in [7, 11) is 0. The van der Waals surface area contributed by atoms with Gasteiger partial charge in [-0.3, -0.25) is 9.59 Å². The van der Waals surface area contributed by atoms with E-state index < -0.39 is 5.97 Å². The van der Waals surface area contributed by atoms with Crippen molar-refractivity contribution in [1.29, 1.82) is 0 Å². The summed E-state index contributed by atoms with van der Waals surface area (Å²) in [5.74, 6) is -0.792. The molecule has 0 unspecified atom stereocenters. The number of hydrogen-bond donors (Lipinski definition) is 2. The first kappa shape index (κ1) is 27.9. The topological polar surface area (TPSA) is 66.4 Å². The Morgan fingerprint density at radius 1 is 0.667 bits per heavy atom. The number of carbonyl (C=O) groups excluding carboxylic acids is 1. The fourth-order valence-corrected chi connectivity index (χ4v) is 2.84. The molecule has 0 fully saturated rings. The summed E-state index contributed by atoms with van der Waals surface area (Å²) in [5.41, 5.74) is 0. The lowest BCUT2D eigenvalue weighted by molar-refractivity contribution is -0.137. The molecule has 170 valence electrons. The van der Waals surface area contributed by atoms with Crippen LogP contribution in [0.15, 0.2) is 48.6 Å². The summed E-state index contributed by atoms with van der Waals surface area (Å²) in [5, 5.41) is 11.3. The van der Waals surface area contributed by atoms with Crippen molar-refractivity contribution >= 4 is 11.9 Å². The van der Waals surface area contributed by atoms with Gasteiger partial charge in [0.15, 0.2) is 0 Å². The van der Waals surface area contributed by atoms with Crippen molar-refractivity contribution in [3.8, 4) is 0 Å². The van der Waals surface area contributed by atoms with Crippen LogP contribution < -0.4 is 5.32 Å². The summed E-state index contributed by atoms with van der Waals surface area (Å²) in [4.78, 5) is 22.0. The van der Waals surface area contributed by atoms with Gasteiger partial charge in [-0.1, -0.05) is 74.8 Å². The van der Waals surface area contributed by atoms with Crippen LogP contribution >= 0.6 is 0 Å². The van der Waals surface area contributed by atoms with E-state index in [0.717, 1.165) is 44.9 Å². The molecule has 0 aromatic rings. The van der Waals surface area contributed by atoms with Gasteiger partial charge >= 0.3 is 5.97 Å². The van der Waals surface area contributed by atoms with Crippen molar-refractivity contribution in [3.05, 3.63) is 48.6 Å². The number of carbonyl (C=O) groups is 2. The zero-order valence-electron chi connectivity index (χ0n) is 19.0. The van der Waals surface area contributed by atoms with Gasteiger partial charge in [0.25, 0.3) is 0 Å². The van der Waals surface area contributed by atoms with E-state index in [1.807, 2.05) is 0 Å². The van der Waals surface area contributed by atoms with E-state index in [4.69, 9.17) is 5.11 Å². The molecule has 2 N–H and O–H groups in total. The van der Waals surface area contributed by atoms with Crippen LogP contribution in [-0.4, -0.2) is 23.5 Å².